The van der Waals surface area contributed by atoms with E-state index in [9.17, 15) is 0 Å². The fraction of sp³-hybridized carbons (Fsp3) is 0.114. The molecule has 0 aliphatic rings. The van der Waals surface area contributed by atoms with Gasteiger partial charge in [0.25, 0.3) is 0 Å². The average molecular weight is 618 g/mol. The summed E-state index contributed by atoms with van der Waals surface area (Å²) in [6.45, 7) is 5.37. The highest BCUT2D eigenvalue weighted by molar-refractivity contribution is 5.80. The number of hydrogen-bond acceptors (Lipinski definition) is 5. The van der Waals surface area contributed by atoms with Crippen molar-refractivity contribution < 1.29 is 0 Å². The first-order valence-electron chi connectivity index (χ1n) is 14.5. The number of rotatable bonds is 15. The Morgan fingerprint density at radius 2 is 0.891 bits per heavy atom. The molecule has 0 atom stereocenters. The summed E-state index contributed by atoms with van der Waals surface area (Å²) in [5, 5.41) is 3.01. The quantitative estimate of drug-likeness (QED) is 0.0931. The van der Waals surface area contributed by atoms with E-state index in [1.807, 2.05) is 54.7 Å². The minimum atomic E-state index is 0.0451. The van der Waals surface area contributed by atoms with Crippen molar-refractivity contribution in [3.05, 3.63) is 120 Å². The van der Waals surface area contributed by atoms with Crippen molar-refractivity contribution in [2.24, 2.45) is 55.1 Å². The van der Waals surface area contributed by atoms with Gasteiger partial charge in [-0.1, -0.05) is 73.4 Å². The second-order valence-corrected chi connectivity index (χ2v) is 10.2. The van der Waals surface area contributed by atoms with Gasteiger partial charge in [0.15, 0.2) is 17.9 Å². The second kappa shape index (κ2) is 17.8. The number of nitrogens with zero attached hydrogens (tertiary/aromatic N) is 3. The zero-order valence-corrected chi connectivity index (χ0v) is 25.8. The molecule has 0 fully saturated rings. The summed E-state index contributed by atoms with van der Waals surface area (Å²) in [6.07, 6.45) is 15.7. The topological polar surface area (TPSA) is 231 Å². The molecule has 46 heavy (non-hydrogen) atoms. The molecule has 0 unspecified atom stereocenters. The number of nitrogens with two attached hydrogens (primary N) is 7. The van der Waals surface area contributed by atoms with Crippen molar-refractivity contribution in [3.8, 4) is 22.3 Å². The van der Waals surface area contributed by atoms with Gasteiger partial charge in [-0.2, -0.15) is 0 Å². The Morgan fingerprint density at radius 3 is 1.24 bits per heavy atom. The van der Waals surface area contributed by atoms with E-state index in [-0.39, 0.29) is 17.9 Å². The van der Waals surface area contributed by atoms with Gasteiger partial charge >= 0.3 is 0 Å². The first-order chi connectivity index (χ1) is 22.1. The van der Waals surface area contributed by atoms with Gasteiger partial charge in [-0.05, 0) is 87.0 Å². The van der Waals surface area contributed by atoms with Gasteiger partial charge in [-0.25, -0.2) is 15.0 Å². The smallest absolute Gasteiger partial charge is 0.186 e. The summed E-state index contributed by atoms with van der Waals surface area (Å²) in [5.74, 6) is 0.556. The van der Waals surface area contributed by atoms with Crippen LogP contribution in [0.4, 0.5) is 0 Å². The van der Waals surface area contributed by atoms with Gasteiger partial charge in [-0.3, -0.25) is 0 Å². The van der Waals surface area contributed by atoms with E-state index < -0.39 is 0 Å². The number of guanidine groups is 3. The minimum absolute atomic E-state index is 0.0451. The number of benzene rings is 3. The number of hydrogen-bond donors (Lipinski definition) is 8. The lowest BCUT2D eigenvalue weighted by Gasteiger charge is -2.11. The molecule has 3 aromatic rings. The Hall–Kier alpha value is -6.23. The molecule has 11 nitrogen and oxygen atoms in total. The predicted molar refractivity (Wildman–Crippen MR) is 197 cm³/mol. The molecule has 0 heterocycles. The fourth-order valence-electron chi connectivity index (χ4n) is 4.38. The Morgan fingerprint density at radius 1 is 0.522 bits per heavy atom. The van der Waals surface area contributed by atoms with Crippen molar-refractivity contribution in [3.63, 3.8) is 0 Å². The summed E-state index contributed by atoms with van der Waals surface area (Å²) < 4.78 is 0. The van der Waals surface area contributed by atoms with Gasteiger partial charge < -0.3 is 45.5 Å². The SMILES string of the molecule is C=C(N)NC/C=C/c1cc(/C=C/CN=C(N)N)cc(-c2cccc(-c3cc(/C=C/CN=C(N)N)cc(/C=C/CN=C(N)N)c3)c2)c1. The van der Waals surface area contributed by atoms with E-state index in [2.05, 4.69) is 81.5 Å². The molecule has 11 heteroatoms. The third-order valence-electron chi connectivity index (χ3n) is 6.31. The third-order valence-corrected chi connectivity index (χ3v) is 6.31. The van der Waals surface area contributed by atoms with Crippen LogP contribution in [-0.2, 0) is 0 Å². The van der Waals surface area contributed by atoms with E-state index in [0.717, 1.165) is 44.5 Å². The molecule has 0 bridgehead atoms. The van der Waals surface area contributed by atoms with Gasteiger partial charge in [0.05, 0.1) is 25.5 Å². The maximum absolute atomic E-state index is 5.64. The van der Waals surface area contributed by atoms with Crippen LogP contribution in [0.25, 0.3) is 46.6 Å². The van der Waals surface area contributed by atoms with E-state index in [0.29, 0.717) is 32.0 Å². The average Bonchev–Trinajstić information content (AvgIpc) is 3.01. The standard InChI is InChI=1S/C35H43N11/c1-24(36)43-13-3-7-25-17-26(8-4-14-44-33(37)38)20-31(19-25)29-11-2-12-30(23-29)32-21-27(9-5-15-45-34(39)40)18-28(22-32)10-6-16-46-35(41)42/h2-12,17-23,43H,1,13-16,36H2,(H4,37,38,44)(H4,39,40,45)(H4,41,42,46)/b7-3+,8-4+,9-5+,10-6+. The molecule has 0 amide bonds. The first kappa shape index (κ1) is 34.3. The first-order valence-corrected chi connectivity index (χ1v) is 14.5. The highest BCUT2D eigenvalue weighted by atomic mass is 15.0. The van der Waals surface area contributed by atoms with Crippen LogP contribution in [0, 0.1) is 0 Å². The summed E-state index contributed by atoms with van der Waals surface area (Å²) in [5.41, 5.74) is 46.7. The Balaban J connectivity index is 2.04. The van der Waals surface area contributed by atoms with Crippen LogP contribution in [0.3, 0.4) is 0 Å². The highest BCUT2D eigenvalue weighted by Gasteiger charge is 2.06. The lowest BCUT2D eigenvalue weighted by atomic mass is 9.94. The molecule has 3 aromatic carbocycles. The van der Waals surface area contributed by atoms with Crippen LogP contribution in [0.5, 0.6) is 0 Å². The molecule has 3 rings (SSSR count). The molecular formula is C35H43N11. The Kier molecular flexibility index (Phi) is 13.2. The summed E-state index contributed by atoms with van der Waals surface area (Å²) >= 11 is 0. The summed E-state index contributed by atoms with van der Waals surface area (Å²) in [6, 6.07) is 21.1. The van der Waals surface area contributed by atoms with Gasteiger partial charge in [0.2, 0.25) is 0 Å². The van der Waals surface area contributed by atoms with Crippen molar-refractivity contribution >= 4 is 42.2 Å². The lowest BCUT2D eigenvalue weighted by molar-refractivity contribution is 0.895. The van der Waals surface area contributed by atoms with Gasteiger partial charge in [0.1, 0.15) is 0 Å². The molecule has 238 valence electrons. The van der Waals surface area contributed by atoms with Crippen molar-refractivity contribution in [1.29, 1.82) is 0 Å². The van der Waals surface area contributed by atoms with Crippen LogP contribution < -0.4 is 45.5 Å². The third kappa shape index (κ3) is 12.6. The number of nitrogens with one attached hydrogen (secondary N) is 1. The molecule has 0 saturated carbocycles. The largest absolute Gasteiger partial charge is 0.386 e. The fourth-order valence-corrected chi connectivity index (χ4v) is 4.38. The lowest BCUT2D eigenvalue weighted by Crippen LogP contribution is -2.22. The highest BCUT2D eigenvalue weighted by Crippen LogP contribution is 2.30. The van der Waals surface area contributed by atoms with Crippen LogP contribution in [-0.4, -0.2) is 44.1 Å². The van der Waals surface area contributed by atoms with Crippen LogP contribution in [0.15, 0.2) is 112 Å². The van der Waals surface area contributed by atoms with E-state index in [4.69, 9.17) is 40.1 Å². The maximum atomic E-state index is 5.64. The van der Waals surface area contributed by atoms with Gasteiger partial charge in [-0.15, -0.1) is 0 Å². The molecule has 0 aromatic heterocycles. The molecule has 15 N–H and O–H groups in total. The zero-order chi connectivity index (χ0) is 33.3. The number of aliphatic imine (C=N–C) groups is 3. The van der Waals surface area contributed by atoms with E-state index in [1.54, 1.807) is 0 Å². The minimum Gasteiger partial charge on any atom is -0.386 e. The van der Waals surface area contributed by atoms with Crippen molar-refractivity contribution in [2.45, 2.75) is 0 Å². The van der Waals surface area contributed by atoms with Crippen LogP contribution >= 0.6 is 0 Å². The van der Waals surface area contributed by atoms with Crippen molar-refractivity contribution in [2.75, 3.05) is 26.2 Å². The summed E-state index contributed by atoms with van der Waals surface area (Å²) in [7, 11) is 0. The second-order valence-electron chi connectivity index (χ2n) is 10.2. The Bertz CT molecular complexity index is 1650. The molecular weight excluding hydrogens is 574 g/mol. The monoisotopic (exact) mass is 617 g/mol. The van der Waals surface area contributed by atoms with Gasteiger partial charge in [0, 0.05) is 6.54 Å². The van der Waals surface area contributed by atoms with Crippen molar-refractivity contribution in [1.82, 2.24) is 5.32 Å². The van der Waals surface area contributed by atoms with E-state index >= 15 is 0 Å². The zero-order valence-electron chi connectivity index (χ0n) is 25.8. The van der Waals surface area contributed by atoms with Crippen LogP contribution in [0.2, 0.25) is 0 Å². The normalized spacial score (nSPS) is 11.3. The predicted octanol–water partition coefficient (Wildman–Crippen LogP) is 2.91. The molecule has 0 aliphatic heterocycles. The van der Waals surface area contributed by atoms with E-state index in [1.165, 1.54) is 0 Å². The molecule has 0 saturated heterocycles. The summed E-state index contributed by atoms with van der Waals surface area (Å²) in [4.78, 5) is 12.1. The molecule has 0 aliphatic carbocycles. The van der Waals surface area contributed by atoms with Crippen LogP contribution in [0.1, 0.15) is 22.3 Å². The molecule has 0 spiro atoms. The Labute approximate surface area is 270 Å². The molecule has 0 radical (unpaired) electrons. The maximum Gasteiger partial charge on any atom is 0.186 e.